The highest BCUT2D eigenvalue weighted by Gasteiger charge is 2.04. The van der Waals surface area contributed by atoms with E-state index in [0.717, 1.165) is 11.3 Å². The number of benzene rings is 1. The van der Waals surface area contributed by atoms with Crippen LogP contribution in [0.5, 0.6) is 0 Å². The van der Waals surface area contributed by atoms with Crippen LogP contribution in [0.4, 0.5) is 0 Å². The van der Waals surface area contributed by atoms with Crippen molar-refractivity contribution in [1.29, 1.82) is 0 Å². The Hall–Kier alpha value is -1.57. The molecule has 66 valence electrons. The molecule has 0 aliphatic heterocycles. The van der Waals surface area contributed by atoms with Crippen molar-refractivity contribution in [2.24, 2.45) is 0 Å². The summed E-state index contributed by atoms with van der Waals surface area (Å²) in [6.45, 7) is 4.00. The van der Waals surface area contributed by atoms with Gasteiger partial charge in [0.15, 0.2) is 0 Å². The molecule has 0 bridgehead atoms. The zero-order valence-corrected chi connectivity index (χ0v) is 7.74. The van der Waals surface area contributed by atoms with Crippen molar-refractivity contribution >= 4 is 0 Å². The maximum absolute atomic E-state index is 5.01. The number of aryl methyl sites for hydroxylation is 2. The Bertz CT molecular complexity index is 418. The van der Waals surface area contributed by atoms with Gasteiger partial charge in [0.25, 0.3) is 0 Å². The second-order valence-electron chi connectivity index (χ2n) is 3.17. The maximum Gasteiger partial charge on any atom is 0.141 e. The lowest BCUT2D eigenvalue weighted by molar-refractivity contribution is 0.398. The molecule has 0 fully saturated rings. The van der Waals surface area contributed by atoms with Gasteiger partial charge in [-0.3, -0.25) is 0 Å². The third-order valence-corrected chi connectivity index (χ3v) is 2.08. The van der Waals surface area contributed by atoms with E-state index in [0.29, 0.717) is 0 Å². The number of aromatic nitrogens is 1. The molecular weight excluding hydrogens is 162 g/mol. The largest absolute Gasteiger partial charge is 0.361 e. The summed E-state index contributed by atoms with van der Waals surface area (Å²) in [5.41, 5.74) is 3.49. The minimum atomic E-state index is 0.866. The first-order chi connectivity index (χ1) is 6.27. The fourth-order valence-corrected chi connectivity index (χ4v) is 1.39. The van der Waals surface area contributed by atoms with Crippen LogP contribution in [0.3, 0.4) is 0 Å². The Morgan fingerprint density at radius 2 is 2.08 bits per heavy atom. The van der Waals surface area contributed by atoms with E-state index in [9.17, 15) is 0 Å². The maximum atomic E-state index is 5.01. The van der Waals surface area contributed by atoms with Crippen molar-refractivity contribution in [3.05, 3.63) is 41.8 Å². The summed E-state index contributed by atoms with van der Waals surface area (Å²) in [6.07, 6.45) is 1.75. The van der Waals surface area contributed by atoms with E-state index in [-0.39, 0.29) is 0 Å². The van der Waals surface area contributed by atoms with Crippen molar-refractivity contribution in [3.8, 4) is 11.1 Å². The van der Waals surface area contributed by atoms with Crippen LogP contribution in [-0.4, -0.2) is 5.16 Å². The van der Waals surface area contributed by atoms with Crippen molar-refractivity contribution in [3.63, 3.8) is 0 Å². The van der Waals surface area contributed by atoms with E-state index in [1.807, 2.05) is 13.0 Å². The standard InChI is InChI=1S/C11H11NO/c1-8-4-3-5-10(6-8)11-7-12-13-9(11)2/h3-7H,1-2H3. The highest BCUT2D eigenvalue weighted by atomic mass is 16.5. The summed E-state index contributed by atoms with van der Waals surface area (Å²) in [7, 11) is 0. The van der Waals surface area contributed by atoms with Gasteiger partial charge in [-0.05, 0) is 19.4 Å². The van der Waals surface area contributed by atoms with Crippen molar-refractivity contribution in [2.45, 2.75) is 13.8 Å². The minimum absolute atomic E-state index is 0.866. The molecule has 0 saturated carbocycles. The molecular formula is C11H11NO. The third-order valence-electron chi connectivity index (χ3n) is 2.08. The quantitative estimate of drug-likeness (QED) is 0.662. The molecule has 2 nitrogen and oxygen atoms in total. The number of hydrogen-bond acceptors (Lipinski definition) is 2. The van der Waals surface area contributed by atoms with Gasteiger partial charge in [0, 0.05) is 5.56 Å². The first-order valence-electron chi connectivity index (χ1n) is 4.25. The molecule has 0 saturated heterocycles. The van der Waals surface area contributed by atoms with Crippen LogP contribution in [0.15, 0.2) is 35.0 Å². The molecule has 0 aliphatic carbocycles. The summed E-state index contributed by atoms with van der Waals surface area (Å²) in [5, 5.41) is 3.75. The molecule has 1 heterocycles. The molecule has 0 spiro atoms. The second kappa shape index (κ2) is 3.05. The van der Waals surface area contributed by atoms with Gasteiger partial charge in [-0.2, -0.15) is 0 Å². The summed E-state index contributed by atoms with van der Waals surface area (Å²) in [4.78, 5) is 0. The highest BCUT2D eigenvalue weighted by molar-refractivity contribution is 5.64. The second-order valence-corrected chi connectivity index (χ2v) is 3.17. The molecule has 13 heavy (non-hydrogen) atoms. The Labute approximate surface area is 77.2 Å². The summed E-state index contributed by atoms with van der Waals surface area (Å²) in [5.74, 6) is 0.866. The Morgan fingerprint density at radius 3 is 2.69 bits per heavy atom. The molecule has 1 aromatic heterocycles. The fourth-order valence-electron chi connectivity index (χ4n) is 1.39. The molecule has 0 aliphatic rings. The first-order valence-corrected chi connectivity index (χ1v) is 4.25. The van der Waals surface area contributed by atoms with Crippen LogP contribution in [-0.2, 0) is 0 Å². The van der Waals surface area contributed by atoms with Crippen LogP contribution >= 0.6 is 0 Å². The Balaban J connectivity index is 2.53. The topological polar surface area (TPSA) is 26.0 Å². The van der Waals surface area contributed by atoms with Crippen molar-refractivity contribution in [1.82, 2.24) is 5.16 Å². The fraction of sp³-hybridized carbons (Fsp3) is 0.182. The van der Waals surface area contributed by atoms with Gasteiger partial charge >= 0.3 is 0 Å². The van der Waals surface area contributed by atoms with E-state index in [2.05, 4.69) is 30.3 Å². The summed E-state index contributed by atoms with van der Waals surface area (Å²) < 4.78 is 5.01. The van der Waals surface area contributed by atoms with Crippen LogP contribution in [0.1, 0.15) is 11.3 Å². The molecule has 2 heteroatoms. The van der Waals surface area contributed by atoms with E-state index < -0.39 is 0 Å². The Morgan fingerprint density at radius 1 is 1.23 bits per heavy atom. The lowest BCUT2D eigenvalue weighted by Crippen LogP contribution is -1.78. The highest BCUT2D eigenvalue weighted by Crippen LogP contribution is 2.23. The van der Waals surface area contributed by atoms with Gasteiger partial charge in [0.05, 0.1) is 6.20 Å². The third kappa shape index (κ3) is 1.47. The molecule has 0 radical (unpaired) electrons. The molecule has 2 aromatic rings. The van der Waals surface area contributed by atoms with Gasteiger partial charge in [0.2, 0.25) is 0 Å². The monoisotopic (exact) mass is 173 g/mol. The zero-order valence-electron chi connectivity index (χ0n) is 7.74. The molecule has 0 unspecified atom stereocenters. The van der Waals surface area contributed by atoms with Crippen molar-refractivity contribution in [2.75, 3.05) is 0 Å². The number of rotatable bonds is 1. The van der Waals surface area contributed by atoms with E-state index in [1.54, 1.807) is 6.20 Å². The SMILES string of the molecule is Cc1cccc(-c2cnoc2C)c1. The van der Waals surface area contributed by atoms with Crippen LogP contribution in [0.25, 0.3) is 11.1 Å². The summed E-state index contributed by atoms with van der Waals surface area (Å²) in [6, 6.07) is 8.30. The van der Waals surface area contributed by atoms with Gasteiger partial charge in [-0.25, -0.2) is 0 Å². The molecule has 2 rings (SSSR count). The smallest absolute Gasteiger partial charge is 0.141 e. The van der Waals surface area contributed by atoms with Gasteiger partial charge in [0.1, 0.15) is 5.76 Å². The van der Waals surface area contributed by atoms with Crippen LogP contribution in [0, 0.1) is 13.8 Å². The van der Waals surface area contributed by atoms with Crippen LogP contribution < -0.4 is 0 Å². The zero-order chi connectivity index (χ0) is 9.26. The van der Waals surface area contributed by atoms with E-state index in [1.165, 1.54) is 11.1 Å². The molecule has 1 aromatic carbocycles. The normalized spacial score (nSPS) is 10.3. The average Bonchev–Trinajstić information content (AvgIpc) is 2.51. The number of nitrogens with zero attached hydrogens (tertiary/aromatic N) is 1. The molecule has 0 atom stereocenters. The minimum Gasteiger partial charge on any atom is -0.361 e. The predicted molar refractivity (Wildman–Crippen MR) is 51.4 cm³/mol. The van der Waals surface area contributed by atoms with Crippen LogP contribution in [0.2, 0.25) is 0 Å². The van der Waals surface area contributed by atoms with Crippen molar-refractivity contribution < 1.29 is 4.52 Å². The van der Waals surface area contributed by atoms with Gasteiger partial charge in [-0.1, -0.05) is 35.0 Å². The predicted octanol–water partition coefficient (Wildman–Crippen LogP) is 2.96. The Kier molecular flexibility index (Phi) is 1.89. The lowest BCUT2D eigenvalue weighted by Gasteiger charge is -1.98. The van der Waals surface area contributed by atoms with E-state index in [4.69, 9.17) is 4.52 Å². The number of hydrogen-bond donors (Lipinski definition) is 0. The lowest BCUT2D eigenvalue weighted by atomic mass is 10.1. The molecule has 0 amide bonds. The summed E-state index contributed by atoms with van der Waals surface area (Å²) >= 11 is 0. The van der Waals surface area contributed by atoms with E-state index >= 15 is 0 Å². The first kappa shape index (κ1) is 8.05. The van der Waals surface area contributed by atoms with Gasteiger partial charge in [-0.15, -0.1) is 0 Å². The average molecular weight is 173 g/mol. The molecule has 0 N–H and O–H groups in total. The van der Waals surface area contributed by atoms with Gasteiger partial charge < -0.3 is 4.52 Å².